The zero-order valence-electron chi connectivity index (χ0n) is 13.2. The van der Waals surface area contributed by atoms with Gasteiger partial charge in [-0.1, -0.05) is 18.2 Å². The molecule has 2 aromatic carbocycles. The minimum atomic E-state index is -1.45. The lowest BCUT2D eigenvalue weighted by molar-refractivity contribution is 0.0687. The lowest BCUT2D eigenvalue weighted by Crippen LogP contribution is -2.23. The summed E-state index contributed by atoms with van der Waals surface area (Å²) in [6.45, 7) is 0. The summed E-state index contributed by atoms with van der Waals surface area (Å²) in [5.74, 6) is -1.45. The summed E-state index contributed by atoms with van der Waals surface area (Å²) >= 11 is 0. The van der Waals surface area contributed by atoms with E-state index in [1.807, 2.05) is 24.3 Å². The summed E-state index contributed by atoms with van der Waals surface area (Å²) in [6, 6.07) is 15.7. The first-order chi connectivity index (χ1) is 12.6. The molecule has 0 saturated heterocycles. The van der Waals surface area contributed by atoms with Crippen LogP contribution in [0.1, 0.15) is 16.1 Å². The van der Waals surface area contributed by atoms with Crippen LogP contribution in [0.2, 0.25) is 0 Å². The Morgan fingerprint density at radius 1 is 1.15 bits per heavy atom. The zero-order chi connectivity index (χ0) is 18.3. The number of aromatic nitrogens is 3. The van der Waals surface area contributed by atoms with E-state index in [-0.39, 0.29) is 10.9 Å². The summed E-state index contributed by atoms with van der Waals surface area (Å²) in [7, 11) is 0. The quantitative estimate of drug-likeness (QED) is 0.599. The van der Waals surface area contributed by atoms with E-state index >= 15 is 0 Å². The monoisotopic (exact) mass is 342 g/mol. The maximum Gasteiger partial charge on any atom is 0.360 e. The lowest BCUT2D eigenvalue weighted by atomic mass is 10.1. The maximum absolute atomic E-state index is 12.5. The first kappa shape index (κ1) is 15.5. The lowest BCUT2D eigenvalue weighted by Gasteiger charge is -2.12. The van der Waals surface area contributed by atoms with Crippen LogP contribution in [0.4, 0.5) is 0 Å². The molecule has 4 aromatic rings. The van der Waals surface area contributed by atoms with Crippen LogP contribution in [0.3, 0.4) is 0 Å². The van der Waals surface area contributed by atoms with E-state index in [2.05, 4.69) is 10.1 Å². The molecule has 4 rings (SSSR count). The Morgan fingerprint density at radius 3 is 2.77 bits per heavy atom. The Bertz CT molecular complexity index is 1300. The van der Waals surface area contributed by atoms with Crippen molar-refractivity contribution in [2.45, 2.75) is 0 Å². The highest BCUT2D eigenvalue weighted by molar-refractivity contribution is 5.93. The topological polar surface area (TPSA) is 109 Å². The summed E-state index contributed by atoms with van der Waals surface area (Å²) in [5, 5.41) is 23.6. The Kier molecular flexibility index (Phi) is 3.45. The second-order valence-electron chi connectivity index (χ2n) is 5.59. The van der Waals surface area contributed by atoms with Crippen molar-refractivity contribution < 1.29 is 9.90 Å². The molecular weight excluding hydrogens is 332 g/mol. The van der Waals surface area contributed by atoms with Gasteiger partial charge < -0.3 is 5.11 Å². The van der Waals surface area contributed by atoms with Gasteiger partial charge in [0, 0.05) is 11.6 Å². The van der Waals surface area contributed by atoms with Gasteiger partial charge in [0.25, 0.3) is 0 Å². The average Bonchev–Trinajstić information content (AvgIpc) is 2.67. The van der Waals surface area contributed by atoms with Crippen LogP contribution in [0.5, 0.6) is 0 Å². The standard InChI is InChI=1S/C19H10N4O3/c20-10-12-3-1-5-15-16(12)18(24)17(19(25)26)22-23(15)13-7-6-11-4-2-8-21-14(11)9-13/h1-9H,(H,25,26). The van der Waals surface area contributed by atoms with Crippen LogP contribution in [0.25, 0.3) is 27.5 Å². The van der Waals surface area contributed by atoms with E-state index in [0.29, 0.717) is 16.7 Å². The number of benzene rings is 2. The number of fused-ring (bicyclic) bond motifs is 2. The Labute approximate surface area is 146 Å². The normalized spacial score (nSPS) is 10.7. The summed E-state index contributed by atoms with van der Waals surface area (Å²) in [5.41, 5.74) is 0.284. The highest BCUT2D eigenvalue weighted by Crippen LogP contribution is 2.21. The van der Waals surface area contributed by atoms with Crippen molar-refractivity contribution in [3.63, 3.8) is 0 Å². The van der Waals surface area contributed by atoms with Crippen molar-refractivity contribution in [3.8, 4) is 11.8 Å². The second-order valence-corrected chi connectivity index (χ2v) is 5.59. The SMILES string of the molecule is N#Cc1cccc2c1c(=O)c(C(=O)O)nn2-c1ccc2cccnc2c1. The van der Waals surface area contributed by atoms with Gasteiger partial charge in [0.15, 0.2) is 0 Å². The van der Waals surface area contributed by atoms with Gasteiger partial charge in [-0.2, -0.15) is 10.4 Å². The van der Waals surface area contributed by atoms with E-state index in [1.54, 1.807) is 30.5 Å². The van der Waals surface area contributed by atoms with Crippen LogP contribution in [0.15, 0.2) is 59.5 Å². The van der Waals surface area contributed by atoms with E-state index in [4.69, 9.17) is 0 Å². The molecule has 124 valence electrons. The van der Waals surface area contributed by atoms with E-state index in [9.17, 15) is 20.0 Å². The number of carboxylic acid groups (broad SMARTS) is 1. The molecule has 7 nitrogen and oxygen atoms in total. The number of rotatable bonds is 2. The van der Waals surface area contributed by atoms with E-state index in [0.717, 1.165) is 5.39 Å². The molecule has 0 aliphatic rings. The van der Waals surface area contributed by atoms with Crippen molar-refractivity contribution in [1.82, 2.24) is 14.8 Å². The smallest absolute Gasteiger partial charge is 0.360 e. The second kappa shape index (κ2) is 5.79. The Balaban J connectivity index is 2.14. The first-order valence-electron chi connectivity index (χ1n) is 7.65. The molecule has 26 heavy (non-hydrogen) atoms. The molecular formula is C19H10N4O3. The van der Waals surface area contributed by atoms with Gasteiger partial charge >= 0.3 is 5.97 Å². The number of hydrogen-bond acceptors (Lipinski definition) is 5. The number of nitriles is 1. The number of carbonyl (C=O) groups is 1. The highest BCUT2D eigenvalue weighted by Gasteiger charge is 2.19. The third-order valence-electron chi connectivity index (χ3n) is 4.07. The molecule has 0 radical (unpaired) electrons. The van der Waals surface area contributed by atoms with Gasteiger partial charge in [-0.25, -0.2) is 9.48 Å². The van der Waals surface area contributed by atoms with Gasteiger partial charge in [-0.3, -0.25) is 9.78 Å². The van der Waals surface area contributed by atoms with Gasteiger partial charge in [0.05, 0.1) is 33.7 Å². The number of pyridine rings is 1. The van der Waals surface area contributed by atoms with Crippen LogP contribution < -0.4 is 5.43 Å². The molecule has 1 N–H and O–H groups in total. The minimum Gasteiger partial charge on any atom is -0.476 e. The molecule has 0 unspecified atom stereocenters. The Morgan fingerprint density at radius 2 is 2.00 bits per heavy atom. The van der Waals surface area contributed by atoms with Gasteiger partial charge in [-0.05, 0) is 30.3 Å². The predicted molar refractivity (Wildman–Crippen MR) is 94.3 cm³/mol. The molecule has 0 saturated carbocycles. The van der Waals surface area contributed by atoms with Crippen LogP contribution >= 0.6 is 0 Å². The van der Waals surface area contributed by atoms with Crippen molar-refractivity contribution in [2.24, 2.45) is 0 Å². The molecule has 0 fully saturated rings. The Hall–Kier alpha value is -4.05. The third-order valence-corrected chi connectivity index (χ3v) is 4.07. The van der Waals surface area contributed by atoms with E-state index in [1.165, 1.54) is 10.7 Å². The van der Waals surface area contributed by atoms with Gasteiger partial charge in [0.1, 0.15) is 0 Å². The van der Waals surface area contributed by atoms with Crippen molar-refractivity contribution in [2.75, 3.05) is 0 Å². The fraction of sp³-hybridized carbons (Fsp3) is 0. The molecule has 0 aliphatic heterocycles. The number of carboxylic acids is 1. The van der Waals surface area contributed by atoms with Crippen molar-refractivity contribution in [3.05, 3.63) is 76.2 Å². The highest BCUT2D eigenvalue weighted by atomic mass is 16.4. The van der Waals surface area contributed by atoms with Crippen LogP contribution in [-0.4, -0.2) is 25.8 Å². The maximum atomic E-state index is 12.5. The third kappa shape index (κ3) is 2.29. The van der Waals surface area contributed by atoms with Crippen molar-refractivity contribution in [1.29, 1.82) is 5.26 Å². The summed E-state index contributed by atoms with van der Waals surface area (Å²) < 4.78 is 1.36. The average molecular weight is 342 g/mol. The molecule has 2 heterocycles. The molecule has 0 atom stereocenters. The summed E-state index contributed by atoms with van der Waals surface area (Å²) in [4.78, 5) is 28.3. The molecule has 2 aromatic heterocycles. The van der Waals surface area contributed by atoms with Crippen LogP contribution in [-0.2, 0) is 0 Å². The van der Waals surface area contributed by atoms with Gasteiger partial charge in [-0.15, -0.1) is 0 Å². The number of aromatic carboxylic acids is 1. The molecule has 0 spiro atoms. The molecule has 7 heteroatoms. The predicted octanol–water partition coefficient (Wildman–Crippen LogP) is 2.50. The number of nitrogens with zero attached hydrogens (tertiary/aromatic N) is 4. The van der Waals surface area contributed by atoms with Crippen molar-refractivity contribution >= 4 is 27.8 Å². The zero-order valence-corrected chi connectivity index (χ0v) is 13.2. The van der Waals surface area contributed by atoms with Crippen LogP contribution in [0, 0.1) is 11.3 Å². The summed E-state index contributed by atoms with van der Waals surface area (Å²) in [6.07, 6.45) is 1.65. The number of hydrogen-bond donors (Lipinski definition) is 1. The largest absolute Gasteiger partial charge is 0.476 e. The van der Waals surface area contributed by atoms with E-state index < -0.39 is 17.1 Å². The fourth-order valence-corrected chi connectivity index (χ4v) is 2.89. The molecule has 0 aliphatic carbocycles. The molecule has 0 amide bonds. The fourth-order valence-electron chi connectivity index (χ4n) is 2.89. The first-order valence-corrected chi connectivity index (χ1v) is 7.65. The minimum absolute atomic E-state index is 0.0310. The molecule has 0 bridgehead atoms. The van der Waals surface area contributed by atoms with Gasteiger partial charge in [0.2, 0.25) is 11.1 Å².